The molecule has 0 bridgehead atoms. The van der Waals surface area contributed by atoms with Gasteiger partial charge in [0.25, 0.3) is 0 Å². The van der Waals surface area contributed by atoms with Gasteiger partial charge in [0.1, 0.15) is 5.82 Å². The molecule has 5 nitrogen and oxygen atoms in total. The topological polar surface area (TPSA) is 48.5 Å². The highest BCUT2D eigenvalue weighted by atomic mass is 19.1. The molecule has 2 fully saturated rings. The number of amides is 2. The van der Waals surface area contributed by atoms with Gasteiger partial charge in [0.2, 0.25) is 0 Å². The van der Waals surface area contributed by atoms with Gasteiger partial charge in [-0.2, -0.15) is 0 Å². The Bertz CT molecular complexity index is 490. The van der Waals surface area contributed by atoms with Crippen molar-refractivity contribution in [1.29, 1.82) is 0 Å². The smallest absolute Gasteiger partial charge is 0.320 e. The van der Waals surface area contributed by atoms with E-state index in [0.29, 0.717) is 19.1 Å². The van der Waals surface area contributed by atoms with E-state index >= 15 is 0 Å². The molecule has 3 rings (SSSR count). The highest BCUT2D eigenvalue weighted by Crippen LogP contribution is 2.20. The Morgan fingerprint density at radius 3 is 2.85 bits per heavy atom. The third kappa shape index (κ3) is 2.75. The second-order valence-corrected chi connectivity index (χ2v) is 5.39. The zero-order valence-corrected chi connectivity index (χ0v) is 11.4. The van der Waals surface area contributed by atoms with Gasteiger partial charge in [-0.25, -0.2) is 9.18 Å². The number of carbonyl (C=O) groups is 1. The van der Waals surface area contributed by atoms with E-state index in [1.807, 2.05) is 4.90 Å². The van der Waals surface area contributed by atoms with E-state index in [2.05, 4.69) is 10.3 Å². The lowest BCUT2D eigenvalue weighted by molar-refractivity contribution is 0.164. The molecule has 2 aliphatic heterocycles. The molecular formula is C14H19FN4O. The van der Waals surface area contributed by atoms with Crippen LogP contribution in [0.3, 0.4) is 0 Å². The van der Waals surface area contributed by atoms with E-state index in [4.69, 9.17) is 0 Å². The molecule has 0 aromatic carbocycles. The van der Waals surface area contributed by atoms with Crippen molar-refractivity contribution in [3.8, 4) is 0 Å². The fourth-order valence-electron chi connectivity index (χ4n) is 2.97. The molecule has 0 atom stereocenters. The summed E-state index contributed by atoms with van der Waals surface area (Å²) in [4.78, 5) is 20.0. The minimum atomic E-state index is -0.357. The minimum absolute atomic E-state index is 0.0705. The lowest BCUT2D eigenvalue weighted by atomic mass is 10.1. The molecule has 20 heavy (non-hydrogen) atoms. The number of aromatic nitrogens is 1. The van der Waals surface area contributed by atoms with Gasteiger partial charge in [-0.05, 0) is 37.6 Å². The summed E-state index contributed by atoms with van der Waals surface area (Å²) in [6.07, 6.45) is 4.82. The van der Waals surface area contributed by atoms with Crippen LogP contribution in [0, 0.1) is 5.82 Å². The fraction of sp³-hybridized carbons (Fsp3) is 0.571. The lowest BCUT2D eigenvalue weighted by Crippen LogP contribution is -2.45. The quantitative estimate of drug-likeness (QED) is 0.904. The molecule has 1 aromatic rings. The van der Waals surface area contributed by atoms with E-state index in [9.17, 15) is 9.18 Å². The molecule has 0 spiro atoms. The third-order valence-electron chi connectivity index (χ3n) is 4.01. The van der Waals surface area contributed by atoms with Gasteiger partial charge < -0.3 is 15.1 Å². The number of nitrogens with one attached hydrogen (secondary N) is 1. The van der Waals surface area contributed by atoms with Crippen molar-refractivity contribution in [1.82, 2.24) is 20.1 Å². The first-order valence-corrected chi connectivity index (χ1v) is 7.10. The van der Waals surface area contributed by atoms with Gasteiger partial charge in [0.05, 0.1) is 6.20 Å². The first kappa shape index (κ1) is 13.3. The van der Waals surface area contributed by atoms with Crippen molar-refractivity contribution in [2.75, 3.05) is 26.2 Å². The van der Waals surface area contributed by atoms with Crippen LogP contribution >= 0.6 is 0 Å². The molecule has 0 unspecified atom stereocenters. The van der Waals surface area contributed by atoms with Crippen LogP contribution in [0.1, 0.15) is 18.4 Å². The van der Waals surface area contributed by atoms with Crippen LogP contribution in [0.25, 0.3) is 0 Å². The second-order valence-electron chi connectivity index (χ2n) is 5.39. The number of hydrogen-bond donors (Lipinski definition) is 1. The summed E-state index contributed by atoms with van der Waals surface area (Å²) in [6, 6.07) is 1.86. The molecule has 0 aliphatic carbocycles. The highest BCUT2D eigenvalue weighted by molar-refractivity contribution is 5.76. The normalized spacial score (nSPS) is 20.8. The van der Waals surface area contributed by atoms with Gasteiger partial charge in [-0.3, -0.25) is 4.98 Å². The van der Waals surface area contributed by atoms with E-state index in [0.717, 1.165) is 38.0 Å². The Morgan fingerprint density at radius 2 is 2.10 bits per heavy atom. The SMILES string of the molecule is O=C1N(Cc2cncc(F)c2)CCN1C1CCNCC1. The molecule has 2 aliphatic rings. The zero-order chi connectivity index (χ0) is 13.9. The molecule has 1 N–H and O–H groups in total. The first-order valence-electron chi connectivity index (χ1n) is 7.10. The van der Waals surface area contributed by atoms with Gasteiger partial charge in [0.15, 0.2) is 0 Å². The summed E-state index contributed by atoms with van der Waals surface area (Å²) in [5.74, 6) is -0.357. The third-order valence-corrected chi connectivity index (χ3v) is 4.01. The number of pyridine rings is 1. The molecule has 0 saturated carbocycles. The summed E-state index contributed by atoms with van der Waals surface area (Å²) in [7, 11) is 0. The molecule has 2 amide bonds. The van der Waals surface area contributed by atoms with Crippen molar-refractivity contribution in [2.45, 2.75) is 25.4 Å². The zero-order valence-electron chi connectivity index (χ0n) is 11.4. The number of urea groups is 1. The van der Waals surface area contributed by atoms with Crippen LogP contribution in [0.15, 0.2) is 18.5 Å². The Hall–Kier alpha value is -1.69. The second kappa shape index (κ2) is 5.75. The van der Waals surface area contributed by atoms with E-state index in [1.54, 1.807) is 11.1 Å². The van der Waals surface area contributed by atoms with Crippen molar-refractivity contribution in [3.05, 3.63) is 29.8 Å². The van der Waals surface area contributed by atoms with Crippen molar-refractivity contribution < 1.29 is 9.18 Å². The maximum absolute atomic E-state index is 13.1. The number of hydrogen-bond acceptors (Lipinski definition) is 3. The lowest BCUT2D eigenvalue weighted by Gasteiger charge is -2.31. The first-order chi connectivity index (χ1) is 9.74. The Balaban J connectivity index is 1.63. The number of halogens is 1. The Morgan fingerprint density at radius 1 is 1.30 bits per heavy atom. The standard InChI is InChI=1S/C14H19FN4O/c15-12-7-11(8-17-9-12)10-18-5-6-19(14(18)20)13-1-3-16-4-2-13/h7-9,13,16H,1-6,10H2. The van der Waals surface area contributed by atoms with Crippen molar-refractivity contribution in [3.63, 3.8) is 0 Å². The van der Waals surface area contributed by atoms with Crippen molar-refractivity contribution >= 4 is 6.03 Å². The molecular weight excluding hydrogens is 259 g/mol. The largest absolute Gasteiger partial charge is 0.320 e. The molecule has 108 valence electrons. The summed E-state index contributed by atoms with van der Waals surface area (Å²) in [6.45, 7) is 3.86. The monoisotopic (exact) mass is 278 g/mol. The minimum Gasteiger partial charge on any atom is -0.320 e. The summed E-state index contributed by atoms with van der Waals surface area (Å²) < 4.78 is 13.1. The van der Waals surface area contributed by atoms with Crippen LogP contribution in [0.2, 0.25) is 0 Å². The highest BCUT2D eigenvalue weighted by Gasteiger charge is 2.33. The fourth-order valence-corrected chi connectivity index (χ4v) is 2.97. The maximum Gasteiger partial charge on any atom is 0.320 e. The van der Waals surface area contributed by atoms with Crippen LogP contribution in [0.5, 0.6) is 0 Å². The number of piperidine rings is 1. The van der Waals surface area contributed by atoms with Gasteiger partial charge in [-0.1, -0.05) is 0 Å². The van der Waals surface area contributed by atoms with Gasteiger partial charge in [0, 0.05) is 31.9 Å². The molecule has 1 aromatic heterocycles. The van der Waals surface area contributed by atoms with Gasteiger partial charge >= 0.3 is 6.03 Å². The number of carbonyl (C=O) groups excluding carboxylic acids is 1. The molecule has 0 radical (unpaired) electrons. The Kier molecular flexibility index (Phi) is 3.82. The average molecular weight is 278 g/mol. The summed E-state index contributed by atoms with van der Waals surface area (Å²) >= 11 is 0. The predicted octanol–water partition coefficient (Wildman–Crippen LogP) is 1.21. The maximum atomic E-state index is 13.1. The number of rotatable bonds is 3. The van der Waals surface area contributed by atoms with Crippen LogP contribution in [-0.2, 0) is 6.54 Å². The molecule has 3 heterocycles. The van der Waals surface area contributed by atoms with Gasteiger partial charge in [-0.15, -0.1) is 0 Å². The van der Waals surface area contributed by atoms with Crippen LogP contribution in [0.4, 0.5) is 9.18 Å². The van der Waals surface area contributed by atoms with E-state index in [-0.39, 0.29) is 11.8 Å². The van der Waals surface area contributed by atoms with Crippen LogP contribution in [-0.4, -0.2) is 53.0 Å². The average Bonchev–Trinajstić information content (AvgIpc) is 2.81. The molecule has 2 saturated heterocycles. The summed E-state index contributed by atoms with van der Waals surface area (Å²) in [5.41, 5.74) is 0.741. The van der Waals surface area contributed by atoms with E-state index < -0.39 is 0 Å². The van der Waals surface area contributed by atoms with Crippen molar-refractivity contribution in [2.24, 2.45) is 0 Å². The van der Waals surface area contributed by atoms with E-state index in [1.165, 1.54) is 12.3 Å². The number of nitrogens with zero attached hydrogens (tertiary/aromatic N) is 3. The summed E-state index contributed by atoms with van der Waals surface area (Å²) in [5, 5.41) is 3.31. The predicted molar refractivity (Wildman–Crippen MR) is 72.6 cm³/mol. The van der Waals surface area contributed by atoms with Crippen LogP contribution < -0.4 is 5.32 Å². The Labute approximate surface area is 117 Å². The molecule has 6 heteroatoms.